The monoisotopic (exact) mass is 371 g/mol. The van der Waals surface area contributed by atoms with Crippen LogP contribution in [0, 0.1) is 11.3 Å². The van der Waals surface area contributed by atoms with E-state index in [0.717, 1.165) is 63.5 Å². The molecule has 3 nitrogen and oxygen atoms in total. The summed E-state index contributed by atoms with van der Waals surface area (Å²) in [6, 6.07) is 2.34. The third-order valence-electron chi connectivity index (χ3n) is 4.68. The maximum Gasteiger partial charge on any atom is 0.158 e. The molecule has 0 radical (unpaired) electrons. The Hall–Kier alpha value is -1.63. The van der Waals surface area contributed by atoms with Crippen LogP contribution in [0.15, 0.2) is 47.1 Å². The van der Waals surface area contributed by atoms with Gasteiger partial charge in [0.15, 0.2) is 6.29 Å². The smallest absolute Gasteiger partial charge is 0.158 e. The second-order valence-electron chi connectivity index (χ2n) is 7.62. The first-order valence-electron chi connectivity index (χ1n) is 10.3. The molecule has 1 saturated heterocycles. The summed E-state index contributed by atoms with van der Waals surface area (Å²) in [4.78, 5) is 0. The minimum absolute atomic E-state index is 0.0386. The van der Waals surface area contributed by atoms with Crippen LogP contribution in [0.1, 0.15) is 78.6 Å². The van der Waals surface area contributed by atoms with E-state index < -0.39 is 0 Å². The fourth-order valence-electron chi connectivity index (χ4n) is 2.94. The lowest BCUT2D eigenvalue weighted by Crippen LogP contribution is -2.22. The third kappa shape index (κ3) is 12.4. The molecule has 0 aromatic rings. The van der Waals surface area contributed by atoms with Gasteiger partial charge in [0.1, 0.15) is 0 Å². The lowest BCUT2D eigenvalue weighted by molar-refractivity contribution is -0.156. The molecule has 3 heteroatoms. The highest BCUT2D eigenvalue weighted by atomic mass is 16.7. The summed E-state index contributed by atoms with van der Waals surface area (Å²) in [6.07, 6.45) is 15.6. The van der Waals surface area contributed by atoms with Crippen LogP contribution in [0.25, 0.3) is 0 Å². The van der Waals surface area contributed by atoms with Gasteiger partial charge >= 0.3 is 0 Å². The van der Waals surface area contributed by atoms with Crippen LogP contribution in [-0.4, -0.2) is 19.5 Å². The highest BCUT2D eigenvalue weighted by molar-refractivity contribution is 5.21. The zero-order chi connectivity index (χ0) is 19.9. The molecule has 0 aromatic carbocycles. The van der Waals surface area contributed by atoms with Gasteiger partial charge in [0.05, 0.1) is 12.7 Å². The average Bonchev–Trinajstić information content (AvgIpc) is 2.65. The van der Waals surface area contributed by atoms with E-state index in [-0.39, 0.29) is 6.29 Å². The maximum atomic E-state index is 9.33. The Labute approximate surface area is 166 Å². The van der Waals surface area contributed by atoms with E-state index in [0.29, 0.717) is 6.61 Å². The van der Waals surface area contributed by atoms with Crippen LogP contribution in [0.4, 0.5) is 0 Å². The van der Waals surface area contributed by atoms with Crippen LogP contribution in [0.2, 0.25) is 0 Å². The Kier molecular flexibility index (Phi) is 12.5. The summed E-state index contributed by atoms with van der Waals surface area (Å²) in [5.74, 6) is 0. The molecule has 0 aliphatic carbocycles. The molecule has 1 unspecified atom stereocenters. The van der Waals surface area contributed by atoms with E-state index in [4.69, 9.17) is 9.47 Å². The fourth-order valence-corrected chi connectivity index (χ4v) is 2.94. The van der Waals surface area contributed by atoms with Crippen molar-refractivity contribution in [2.24, 2.45) is 0 Å². The van der Waals surface area contributed by atoms with Crippen molar-refractivity contribution in [2.75, 3.05) is 13.2 Å². The third-order valence-corrected chi connectivity index (χ3v) is 4.68. The quantitative estimate of drug-likeness (QED) is 0.280. The van der Waals surface area contributed by atoms with E-state index in [1.807, 2.05) is 0 Å². The predicted molar refractivity (Wildman–Crippen MR) is 113 cm³/mol. The van der Waals surface area contributed by atoms with Crippen LogP contribution in [0.3, 0.4) is 0 Å². The number of rotatable bonds is 12. The Bertz CT molecular complexity index is 572. The van der Waals surface area contributed by atoms with Gasteiger partial charge in [-0.05, 0) is 78.6 Å². The zero-order valence-electron chi connectivity index (χ0n) is 17.6. The van der Waals surface area contributed by atoms with Crippen molar-refractivity contribution in [3.05, 3.63) is 47.1 Å². The van der Waals surface area contributed by atoms with E-state index in [1.165, 1.54) is 23.1 Å². The Balaban J connectivity index is 2.26. The normalized spacial score (nSPS) is 19.0. The molecule has 1 heterocycles. The van der Waals surface area contributed by atoms with Crippen molar-refractivity contribution in [3.63, 3.8) is 0 Å². The van der Waals surface area contributed by atoms with Crippen molar-refractivity contribution < 1.29 is 9.47 Å². The summed E-state index contributed by atoms with van der Waals surface area (Å²) >= 11 is 0. The van der Waals surface area contributed by atoms with Gasteiger partial charge in [0.2, 0.25) is 0 Å². The number of nitriles is 1. The highest BCUT2D eigenvalue weighted by Gasteiger charge is 2.13. The molecular weight excluding hydrogens is 334 g/mol. The molecule has 0 saturated carbocycles. The first-order chi connectivity index (χ1) is 13.0. The summed E-state index contributed by atoms with van der Waals surface area (Å²) < 4.78 is 11.4. The maximum absolute atomic E-state index is 9.33. The molecule has 1 aliphatic rings. The number of hydrogen-bond acceptors (Lipinski definition) is 3. The molecule has 0 spiro atoms. The van der Waals surface area contributed by atoms with E-state index >= 15 is 0 Å². The lowest BCUT2D eigenvalue weighted by Gasteiger charge is -2.22. The van der Waals surface area contributed by atoms with Crippen molar-refractivity contribution in [1.82, 2.24) is 0 Å². The summed E-state index contributed by atoms with van der Waals surface area (Å²) in [7, 11) is 0. The largest absolute Gasteiger partial charge is 0.353 e. The molecule has 27 heavy (non-hydrogen) atoms. The molecule has 0 aromatic heterocycles. The SMILES string of the molecule is C=C(C)CC/C=C(\C)CC/C=C(/C#N)CC/C=C(\C)COC1CCCCO1. The molecule has 1 rings (SSSR count). The number of ether oxygens (including phenoxy) is 2. The number of allylic oxidation sites excluding steroid dienone is 6. The Morgan fingerprint density at radius 3 is 2.41 bits per heavy atom. The predicted octanol–water partition coefficient (Wildman–Crippen LogP) is 6.79. The van der Waals surface area contributed by atoms with Gasteiger partial charge in [-0.1, -0.05) is 34.9 Å². The molecular formula is C24H37NO2. The van der Waals surface area contributed by atoms with Crippen molar-refractivity contribution in [2.45, 2.75) is 84.8 Å². The summed E-state index contributed by atoms with van der Waals surface area (Å²) in [5, 5.41) is 9.33. The van der Waals surface area contributed by atoms with Gasteiger partial charge in [-0.25, -0.2) is 0 Å². The molecule has 0 amide bonds. The van der Waals surface area contributed by atoms with Gasteiger partial charge in [-0.15, -0.1) is 6.58 Å². The average molecular weight is 372 g/mol. The molecule has 1 fully saturated rings. The highest BCUT2D eigenvalue weighted by Crippen LogP contribution is 2.16. The molecule has 1 aliphatic heterocycles. The van der Waals surface area contributed by atoms with Crippen LogP contribution < -0.4 is 0 Å². The standard InChI is InChI=1S/C24H37NO2/c1-20(2)10-7-11-21(3)12-8-14-23(18-25)15-9-13-22(4)19-27-24-16-5-6-17-26-24/h11,13-14,24H,1,5-10,12,15-17,19H2,2-4H3/b21-11+,22-13+,23-14+. The molecule has 0 N–H and O–H groups in total. The van der Waals surface area contributed by atoms with Gasteiger partial charge < -0.3 is 9.47 Å². The van der Waals surface area contributed by atoms with Crippen molar-refractivity contribution >= 4 is 0 Å². The van der Waals surface area contributed by atoms with Gasteiger partial charge in [0, 0.05) is 12.2 Å². The van der Waals surface area contributed by atoms with E-state index in [2.05, 4.69) is 51.6 Å². The summed E-state index contributed by atoms with van der Waals surface area (Å²) in [6.45, 7) is 11.7. The van der Waals surface area contributed by atoms with Crippen molar-refractivity contribution in [3.8, 4) is 6.07 Å². The summed E-state index contributed by atoms with van der Waals surface area (Å²) in [5.41, 5.74) is 4.71. The molecule has 150 valence electrons. The first-order valence-corrected chi connectivity index (χ1v) is 10.3. The lowest BCUT2D eigenvalue weighted by atomic mass is 10.0. The van der Waals surface area contributed by atoms with Gasteiger partial charge in [0.25, 0.3) is 0 Å². The Morgan fingerprint density at radius 1 is 1.04 bits per heavy atom. The number of hydrogen-bond donors (Lipinski definition) is 0. The second kappa shape index (κ2) is 14.4. The minimum Gasteiger partial charge on any atom is -0.353 e. The minimum atomic E-state index is -0.0386. The van der Waals surface area contributed by atoms with Crippen molar-refractivity contribution in [1.29, 1.82) is 5.26 Å². The van der Waals surface area contributed by atoms with Crippen LogP contribution in [0.5, 0.6) is 0 Å². The van der Waals surface area contributed by atoms with Crippen LogP contribution in [-0.2, 0) is 9.47 Å². The molecule has 0 bridgehead atoms. The second-order valence-corrected chi connectivity index (χ2v) is 7.62. The van der Waals surface area contributed by atoms with Gasteiger partial charge in [-0.2, -0.15) is 5.26 Å². The molecule has 1 atom stereocenters. The van der Waals surface area contributed by atoms with E-state index in [1.54, 1.807) is 0 Å². The number of nitrogens with zero attached hydrogens (tertiary/aromatic N) is 1. The zero-order valence-corrected chi connectivity index (χ0v) is 17.6. The van der Waals surface area contributed by atoms with E-state index in [9.17, 15) is 5.26 Å². The Morgan fingerprint density at radius 2 is 1.74 bits per heavy atom. The van der Waals surface area contributed by atoms with Gasteiger partial charge in [-0.3, -0.25) is 0 Å². The first kappa shape index (κ1) is 23.4. The fraction of sp³-hybridized carbons (Fsp3) is 0.625. The topological polar surface area (TPSA) is 42.2 Å². The van der Waals surface area contributed by atoms with Crippen LogP contribution >= 0.6 is 0 Å².